The average Bonchev–Trinajstić information content (AvgIpc) is 2.97. The van der Waals surface area contributed by atoms with Crippen molar-refractivity contribution in [2.24, 2.45) is 50.2 Å². The van der Waals surface area contributed by atoms with Crippen molar-refractivity contribution in [3.05, 3.63) is 11.6 Å². The molecule has 0 aromatic rings. The van der Waals surface area contributed by atoms with E-state index in [1.807, 2.05) is 0 Å². The molecule has 1 saturated heterocycles. The molecule has 12 atom stereocenters. The summed E-state index contributed by atoms with van der Waals surface area (Å²) in [5.41, 5.74) is 0.183. The van der Waals surface area contributed by atoms with E-state index in [4.69, 9.17) is 9.47 Å². The lowest BCUT2D eigenvalue weighted by molar-refractivity contribution is -0.232. The molecule has 5 unspecified atom stereocenters. The Hall–Kier alpha value is -1.61. The van der Waals surface area contributed by atoms with Crippen LogP contribution in [-0.2, 0) is 23.9 Å². The van der Waals surface area contributed by atoms with E-state index >= 15 is 0 Å². The first kappa shape index (κ1) is 33.3. The number of ether oxygens (including phenoxy) is 2. The number of hydrogen-bond acceptors (Lipinski definition) is 8. The third-order valence-electron chi connectivity index (χ3n) is 15.2. The number of aliphatic hydroxyl groups is 3. The van der Waals surface area contributed by atoms with Crippen molar-refractivity contribution < 1.29 is 39.2 Å². The number of fused-ring (bicyclic) bond motifs is 7. The van der Waals surface area contributed by atoms with Gasteiger partial charge in [-0.1, -0.05) is 60.1 Å². The molecule has 4 saturated carbocycles. The highest BCUT2D eigenvalue weighted by Gasteiger charge is 2.70. The molecule has 0 spiro atoms. The Kier molecular flexibility index (Phi) is 7.73. The Labute approximate surface area is 268 Å². The van der Waals surface area contributed by atoms with Crippen molar-refractivity contribution in [2.45, 2.75) is 143 Å². The highest BCUT2D eigenvalue weighted by atomic mass is 16.6. The SMILES string of the molecule is COC(=O)C1O[C@@H](C(=O)[C@]23CCC(C)(C)CC2C2=CCC4[C@@]5(C)CCC(=O)C(C)(C)C5CC[C@@]4(C)[C@]2(C)CC3)C(O)[C@@H](O)[C@@H]1O. The number of methoxy groups -OCH3 is 1. The number of aliphatic hydroxyl groups excluding tert-OH is 3. The second-order valence-electron chi connectivity index (χ2n) is 17.9. The highest BCUT2D eigenvalue weighted by molar-refractivity contribution is 5.91. The molecule has 45 heavy (non-hydrogen) atoms. The quantitative estimate of drug-likeness (QED) is 0.296. The maximum Gasteiger partial charge on any atom is 0.337 e. The first-order valence-electron chi connectivity index (χ1n) is 17.4. The van der Waals surface area contributed by atoms with E-state index in [0.29, 0.717) is 36.9 Å². The lowest BCUT2D eigenvalue weighted by Crippen LogP contribution is -2.67. The van der Waals surface area contributed by atoms with Crippen LogP contribution in [0.2, 0.25) is 0 Å². The van der Waals surface area contributed by atoms with Crippen LogP contribution in [0.15, 0.2) is 11.6 Å². The summed E-state index contributed by atoms with van der Waals surface area (Å²) in [6, 6.07) is 0. The van der Waals surface area contributed by atoms with Gasteiger partial charge in [0, 0.05) is 17.3 Å². The van der Waals surface area contributed by atoms with E-state index < -0.39 is 41.9 Å². The van der Waals surface area contributed by atoms with Crippen molar-refractivity contribution in [3.8, 4) is 0 Å². The van der Waals surface area contributed by atoms with Crippen molar-refractivity contribution in [1.82, 2.24) is 0 Å². The van der Waals surface area contributed by atoms with Gasteiger partial charge in [0.1, 0.15) is 30.2 Å². The van der Waals surface area contributed by atoms with Crippen LogP contribution in [-0.4, -0.2) is 70.5 Å². The molecule has 6 aliphatic rings. The standard InChI is InChI=1S/C37H56O8/c1-32(2)15-17-37(30(42)28-26(40)25(39)27(41)29(45-28)31(43)44-8)18-16-35(6)20(21(37)19-32)9-10-23-34(5)13-12-24(38)33(3,4)22(34)11-14-36(23,35)7/h9,21-23,25-29,39-41H,10-19H2,1-8H3/t21?,22?,23?,25-,26?,27+,28-,29?,34+,35-,36-,37+/m1/s1. The number of esters is 1. The average molecular weight is 629 g/mol. The summed E-state index contributed by atoms with van der Waals surface area (Å²) in [5, 5.41) is 32.4. The molecule has 1 aliphatic heterocycles. The fourth-order valence-corrected chi connectivity index (χ4v) is 12.2. The third-order valence-corrected chi connectivity index (χ3v) is 15.2. The second-order valence-corrected chi connectivity index (χ2v) is 17.9. The highest BCUT2D eigenvalue weighted by Crippen LogP contribution is 2.75. The van der Waals surface area contributed by atoms with Crippen molar-refractivity contribution >= 4 is 17.5 Å². The topological polar surface area (TPSA) is 130 Å². The normalized spacial score (nSPS) is 50.2. The van der Waals surface area contributed by atoms with Gasteiger partial charge in [-0.15, -0.1) is 0 Å². The van der Waals surface area contributed by atoms with Crippen LogP contribution in [0, 0.1) is 50.2 Å². The fraction of sp³-hybridized carbons (Fsp3) is 0.865. The summed E-state index contributed by atoms with van der Waals surface area (Å²) in [6.07, 6.45) is 2.78. The molecule has 0 amide bonds. The molecule has 0 aromatic heterocycles. The fourth-order valence-electron chi connectivity index (χ4n) is 12.2. The lowest BCUT2D eigenvalue weighted by atomic mass is 9.33. The smallest absolute Gasteiger partial charge is 0.337 e. The number of carbonyl (C=O) groups excluding carboxylic acids is 3. The maximum atomic E-state index is 14.8. The summed E-state index contributed by atoms with van der Waals surface area (Å²) in [4.78, 5) is 40.4. The number of ketones is 2. The molecule has 0 aromatic carbocycles. The minimum absolute atomic E-state index is 0.00668. The van der Waals surface area contributed by atoms with E-state index in [0.717, 1.165) is 52.1 Å². The number of allylic oxidation sites excluding steroid dienone is 2. The van der Waals surface area contributed by atoms with Gasteiger partial charge in [0.2, 0.25) is 0 Å². The molecule has 6 rings (SSSR count). The van der Waals surface area contributed by atoms with Crippen molar-refractivity contribution in [3.63, 3.8) is 0 Å². The molecule has 8 nitrogen and oxygen atoms in total. The molecule has 8 heteroatoms. The summed E-state index contributed by atoms with van der Waals surface area (Å²) < 4.78 is 10.7. The Morgan fingerprint density at radius 1 is 0.844 bits per heavy atom. The minimum Gasteiger partial charge on any atom is -0.467 e. The number of carbonyl (C=O) groups is 3. The van der Waals surface area contributed by atoms with Gasteiger partial charge in [-0.05, 0) is 97.2 Å². The Morgan fingerprint density at radius 3 is 2.16 bits per heavy atom. The largest absolute Gasteiger partial charge is 0.467 e. The zero-order chi connectivity index (χ0) is 33.1. The van der Waals surface area contributed by atoms with E-state index in [1.54, 1.807) is 0 Å². The van der Waals surface area contributed by atoms with Gasteiger partial charge in [0.15, 0.2) is 11.9 Å². The Bertz CT molecular complexity index is 1300. The van der Waals surface area contributed by atoms with Crippen LogP contribution < -0.4 is 0 Å². The zero-order valence-corrected chi connectivity index (χ0v) is 28.7. The van der Waals surface area contributed by atoms with Gasteiger partial charge in [-0.2, -0.15) is 0 Å². The van der Waals surface area contributed by atoms with Gasteiger partial charge in [-0.25, -0.2) is 4.79 Å². The summed E-state index contributed by atoms with van der Waals surface area (Å²) in [6.45, 7) is 16.3. The maximum absolute atomic E-state index is 14.8. The van der Waals surface area contributed by atoms with E-state index in [-0.39, 0.29) is 38.8 Å². The predicted molar refractivity (Wildman–Crippen MR) is 168 cm³/mol. The minimum atomic E-state index is -1.71. The van der Waals surface area contributed by atoms with Crippen LogP contribution >= 0.6 is 0 Å². The van der Waals surface area contributed by atoms with Crippen LogP contribution in [0.5, 0.6) is 0 Å². The summed E-state index contributed by atoms with van der Waals surface area (Å²) in [7, 11) is 1.16. The molecule has 252 valence electrons. The summed E-state index contributed by atoms with van der Waals surface area (Å²) in [5.74, 6) is -0.0189. The zero-order valence-electron chi connectivity index (χ0n) is 28.7. The molecule has 1 heterocycles. The number of rotatable bonds is 3. The van der Waals surface area contributed by atoms with Crippen LogP contribution in [0.25, 0.3) is 0 Å². The number of hydrogen-bond donors (Lipinski definition) is 3. The molecule has 5 fully saturated rings. The predicted octanol–water partition coefficient (Wildman–Crippen LogP) is 4.95. The molecule has 0 bridgehead atoms. The first-order chi connectivity index (χ1) is 20.8. The Morgan fingerprint density at radius 2 is 1.49 bits per heavy atom. The van der Waals surface area contributed by atoms with Gasteiger partial charge in [-0.3, -0.25) is 9.59 Å². The van der Waals surface area contributed by atoms with E-state index in [2.05, 4.69) is 54.5 Å². The van der Waals surface area contributed by atoms with E-state index in [9.17, 15) is 29.7 Å². The van der Waals surface area contributed by atoms with Crippen molar-refractivity contribution in [1.29, 1.82) is 0 Å². The number of Topliss-reactive ketones (excluding diaryl/α,β-unsaturated/α-hetero) is 2. The van der Waals surface area contributed by atoms with Gasteiger partial charge in [0.05, 0.1) is 7.11 Å². The lowest BCUT2D eigenvalue weighted by Gasteiger charge is -2.70. The first-order valence-corrected chi connectivity index (χ1v) is 17.4. The molecular weight excluding hydrogens is 572 g/mol. The monoisotopic (exact) mass is 628 g/mol. The second kappa shape index (κ2) is 10.4. The molecular formula is C37H56O8. The molecule has 5 aliphatic carbocycles. The molecule has 0 radical (unpaired) electrons. The van der Waals surface area contributed by atoms with Gasteiger partial charge in [0.25, 0.3) is 0 Å². The van der Waals surface area contributed by atoms with Crippen LogP contribution in [0.4, 0.5) is 0 Å². The molecule has 3 N–H and O–H groups in total. The van der Waals surface area contributed by atoms with Gasteiger partial charge < -0.3 is 24.8 Å². The van der Waals surface area contributed by atoms with Crippen molar-refractivity contribution in [2.75, 3.05) is 7.11 Å². The van der Waals surface area contributed by atoms with Crippen LogP contribution in [0.3, 0.4) is 0 Å². The van der Waals surface area contributed by atoms with E-state index in [1.165, 1.54) is 5.57 Å². The Balaban J connectivity index is 1.40. The van der Waals surface area contributed by atoms with Gasteiger partial charge >= 0.3 is 5.97 Å². The van der Waals surface area contributed by atoms with Crippen LogP contribution in [0.1, 0.15) is 113 Å². The third kappa shape index (κ3) is 4.40. The summed E-state index contributed by atoms with van der Waals surface area (Å²) >= 11 is 0.